The lowest BCUT2D eigenvalue weighted by molar-refractivity contribution is -0.128. The van der Waals surface area contributed by atoms with Gasteiger partial charge < -0.3 is 16.0 Å². The van der Waals surface area contributed by atoms with Crippen molar-refractivity contribution in [2.45, 2.75) is 47.5 Å². The second kappa shape index (κ2) is 9.20. The first-order valence-corrected chi connectivity index (χ1v) is 8.52. The molecule has 25 heavy (non-hydrogen) atoms. The minimum atomic E-state index is -0.436. The molecule has 0 bridgehead atoms. The number of aryl methyl sites for hydroxylation is 2. The molecule has 0 fully saturated rings. The number of carbonyl (C=O) groups excluding carboxylic acids is 3. The molecule has 0 saturated carbocycles. The van der Waals surface area contributed by atoms with Crippen molar-refractivity contribution in [1.82, 2.24) is 10.6 Å². The van der Waals surface area contributed by atoms with Crippen LogP contribution in [0.3, 0.4) is 0 Å². The van der Waals surface area contributed by atoms with E-state index in [1.807, 2.05) is 52.8 Å². The van der Waals surface area contributed by atoms with Crippen LogP contribution < -0.4 is 16.0 Å². The molecule has 6 heteroatoms. The van der Waals surface area contributed by atoms with Gasteiger partial charge in [-0.3, -0.25) is 14.4 Å². The van der Waals surface area contributed by atoms with E-state index in [1.54, 1.807) is 0 Å². The largest absolute Gasteiger partial charge is 0.356 e. The smallest absolute Gasteiger partial charge is 0.243 e. The molecule has 1 aromatic carbocycles. The Kier molecular flexibility index (Phi) is 7.61. The zero-order valence-corrected chi connectivity index (χ0v) is 15.8. The van der Waals surface area contributed by atoms with Crippen molar-refractivity contribution < 1.29 is 14.4 Å². The first-order valence-electron chi connectivity index (χ1n) is 8.52. The van der Waals surface area contributed by atoms with Gasteiger partial charge in [0.1, 0.15) is 0 Å². The maximum atomic E-state index is 12.0. The highest BCUT2D eigenvalue weighted by atomic mass is 16.2. The minimum Gasteiger partial charge on any atom is -0.356 e. The third-order valence-corrected chi connectivity index (χ3v) is 3.74. The van der Waals surface area contributed by atoms with E-state index in [9.17, 15) is 14.4 Å². The molecule has 0 aliphatic heterocycles. The summed E-state index contributed by atoms with van der Waals surface area (Å²) in [5.41, 5.74) is 2.31. The van der Waals surface area contributed by atoms with Crippen molar-refractivity contribution in [1.29, 1.82) is 0 Å². The molecular weight excluding hydrogens is 318 g/mol. The third-order valence-electron chi connectivity index (χ3n) is 3.74. The zero-order chi connectivity index (χ0) is 19.0. The molecule has 0 aliphatic carbocycles. The number of rotatable bonds is 7. The molecule has 0 unspecified atom stereocenters. The van der Waals surface area contributed by atoms with Crippen molar-refractivity contribution in [2.75, 3.05) is 18.4 Å². The van der Waals surface area contributed by atoms with Crippen molar-refractivity contribution >= 4 is 23.4 Å². The monoisotopic (exact) mass is 347 g/mol. The van der Waals surface area contributed by atoms with Crippen molar-refractivity contribution in [2.24, 2.45) is 5.41 Å². The van der Waals surface area contributed by atoms with Crippen LogP contribution in [0.4, 0.5) is 5.69 Å². The quantitative estimate of drug-likeness (QED) is 0.661. The minimum absolute atomic E-state index is 0.0408. The summed E-state index contributed by atoms with van der Waals surface area (Å²) in [7, 11) is 0. The Labute approximate surface area is 149 Å². The Morgan fingerprint density at radius 2 is 1.56 bits per heavy atom. The highest BCUT2D eigenvalue weighted by molar-refractivity contribution is 5.95. The number of hydrogen-bond donors (Lipinski definition) is 3. The van der Waals surface area contributed by atoms with Gasteiger partial charge in [-0.2, -0.15) is 0 Å². The number of anilines is 1. The molecule has 138 valence electrons. The molecule has 3 N–H and O–H groups in total. The van der Waals surface area contributed by atoms with Gasteiger partial charge in [0.2, 0.25) is 17.7 Å². The second-order valence-electron chi connectivity index (χ2n) is 7.20. The summed E-state index contributed by atoms with van der Waals surface area (Å²) in [5.74, 6) is -0.505. The molecule has 0 saturated heterocycles. The highest BCUT2D eigenvalue weighted by Crippen LogP contribution is 2.19. The summed E-state index contributed by atoms with van der Waals surface area (Å²) >= 11 is 0. The molecule has 1 rings (SSSR count). The van der Waals surface area contributed by atoms with Gasteiger partial charge in [-0.1, -0.05) is 39.0 Å². The van der Waals surface area contributed by atoms with Gasteiger partial charge in [0.15, 0.2) is 0 Å². The summed E-state index contributed by atoms with van der Waals surface area (Å²) in [4.78, 5) is 35.4. The summed E-state index contributed by atoms with van der Waals surface area (Å²) in [5, 5.41) is 8.21. The summed E-state index contributed by atoms with van der Waals surface area (Å²) in [6.07, 6.45) is 0.799. The topological polar surface area (TPSA) is 87.3 Å². The van der Waals surface area contributed by atoms with Crippen LogP contribution in [0, 0.1) is 19.3 Å². The molecule has 1 aromatic rings. The fourth-order valence-corrected chi connectivity index (χ4v) is 2.18. The molecule has 3 amide bonds. The highest BCUT2D eigenvalue weighted by Gasteiger charge is 2.20. The van der Waals surface area contributed by atoms with Crippen LogP contribution in [0.25, 0.3) is 0 Å². The van der Waals surface area contributed by atoms with Gasteiger partial charge in [0, 0.05) is 24.1 Å². The molecule has 0 radical (unpaired) electrons. The predicted octanol–water partition coefficient (Wildman–Crippen LogP) is 2.30. The normalized spacial score (nSPS) is 10.9. The average molecular weight is 347 g/mol. The number of carbonyl (C=O) groups is 3. The lowest BCUT2D eigenvalue weighted by Gasteiger charge is -2.17. The number of hydrogen-bond acceptors (Lipinski definition) is 3. The van der Waals surface area contributed by atoms with E-state index in [4.69, 9.17) is 0 Å². The van der Waals surface area contributed by atoms with E-state index < -0.39 is 5.41 Å². The fourth-order valence-electron chi connectivity index (χ4n) is 2.18. The Morgan fingerprint density at radius 3 is 2.12 bits per heavy atom. The molecule has 0 aliphatic rings. The van der Waals surface area contributed by atoms with E-state index in [1.165, 1.54) is 0 Å². The van der Waals surface area contributed by atoms with Crippen LogP contribution in [0.15, 0.2) is 18.2 Å². The molecule has 0 spiro atoms. The van der Waals surface area contributed by atoms with Crippen LogP contribution in [0.5, 0.6) is 0 Å². The third kappa shape index (κ3) is 7.37. The number of nitrogens with one attached hydrogen (secondary N) is 3. The van der Waals surface area contributed by atoms with Gasteiger partial charge in [-0.25, -0.2) is 0 Å². The van der Waals surface area contributed by atoms with Crippen LogP contribution in [0.2, 0.25) is 0 Å². The number of para-hydroxylation sites is 1. The Morgan fingerprint density at radius 1 is 0.960 bits per heavy atom. The van der Waals surface area contributed by atoms with Crippen molar-refractivity contribution in [3.05, 3.63) is 29.3 Å². The lowest BCUT2D eigenvalue weighted by atomic mass is 9.96. The van der Waals surface area contributed by atoms with Crippen molar-refractivity contribution in [3.8, 4) is 0 Å². The lowest BCUT2D eigenvalue weighted by Crippen LogP contribution is -2.36. The first kappa shape index (κ1) is 20.7. The maximum Gasteiger partial charge on any atom is 0.243 e. The van der Waals surface area contributed by atoms with E-state index >= 15 is 0 Å². The summed E-state index contributed by atoms with van der Waals surface area (Å²) in [6, 6.07) is 5.78. The summed E-state index contributed by atoms with van der Waals surface area (Å²) < 4.78 is 0. The SMILES string of the molecule is Cc1cccc(C)c1NC(=O)CNC(=O)CCCNC(=O)C(C)(C)C. The molecule has 0 heterocycles. The van der Waals surface area contributed by atoms with Gasteiger partial charge in [-0.15, -0.1) is 0 Å². The zero-order valence-electron chi connectivity index (χ0n) is 15.8. The number of benzene rings is 1. The maximum absolute atomic E-state index is 12.0. The Hall–Kier alpha value is -2.37. The number of amides is 3. The standard InChI is InChI=1S/C19H29N3O3/c1-13-8-6-9-14(2)17(13)22-16(24)12-21-15(23)10-7-11-20-18(25)19(3,4)5/h6,8-9H,7,10-12H2,1-5H3,(H,20,25)(H,21,23)(H,22,24). The molecule has 0 atom stereocenters. The van der Waals surface area contributed by atoms with Gasteiger partial charge >= 0.3 is 0 Å². The van der Waals surface area contributed by atoms with Gasteiger partial charge in [0.25, 0.3) is 0 Å². The van der Waals surface area contributed by atoms with Gasteiger partial charge in [-0.05, 0) is 31.4 Å². The average Bonchev–Trinajstić information content (AvgIpc) is 2.52. The summed E-state index contributed by atoms with van der Waals surface area (Å²) in [6.45, 7) is 9.73. The Bertz CT molecular complexity index is 613. The van der Waals surface area contributed by atoms with Crippen molar-refractivity contribution in [3.63, 3.8) is 0 Å². The molecule has 6 nitrogen and oxygen atoms in total. The van der Waals surface area contributed by atoms with E-state index in [2.05, 4.69) is 16.0 Å². The second-order valence-corrected chi connectivity index (χ2v) is 7.20. The van der Waals surface area contributed by atoms with Crippen LogP contribution in [-0.4, -0.2) is 30.8 Å². The first-order chi connectivity index (χ1) is 11.6. The molecular formula is C19H29N3O3. The van der Waals surface area contributed by atoms with E-state index in [0.29, 0.717) is 13.0 Å². The fraction of sp³-hybridized carbons (Fsp3) is 0.526. The van der Waals surface area contributed by atoms with Crippen LogP contribution in [-0.2, 0) is 14.4 Å². The Balaban J connectivity index is 2.28. The van der Waals surface area contributed by atoms with Gasteiger partial charge in [0.05, 0.1) is 6.54 Å². The van der Waals surface area contributed by atoms with E-state index in [0.717, 1.165) is 16.8 Å². The predicted molar refractivity (Wildman–Crippen MR) is 99.3 cm³/mol. The van der Waals surface area contributed by atoms with E-state index in [-0.39, 0.29) is 30.7 Å². The van der Waals surface area contributed by atoms with Crippen LogP contribution in [0.1, 0.15) is 44.7 Å². The molecule has 0 aromatic heterocycles. The van der Waals surface area contributed by atoms with Crippen LogP contribution >= 0.6 is 0 Å².